The molecule has 0 aromatic heterocycles. The Morgan fingerprint density at radius 3 is 1.32 bits per heavy atom. The van der Waals surface area contributed by atoms with E-state index in [1.165, 1.54) is 11.1 Å². The molecule has 5 aliphatic heterocycles. The van der Waals surface area contributed by atoms with Crippen molar-refractivity contribution in [1.29, 1.82) is 0 Å². The van der Waals surface area contributed by atoms with E-state index in [0.29, 0.717) is 36.2 Å². The fourth-order valence-electron chi connectivity index (χ4n) is 11.0. The number of carbonyl (C=O) groups excluding carboxylic acids is 2. The second-order valence-electron chi connectivity index (χ2n) is 15.7. The largest absolute Gasteiger partial charge is 0.306 e. The van der Waals surface area contributed by atoms with Crippen LogP contribution in [0, 0.1) is 0 Å². The molecule has 11 rings (SSSR count). The van der Waals surface area contributed by atoms with E-state index in [1.807, 2.05) is 82.6 Å². The number of benzene rings is 6. The molecular formula is C48H38Cl2N4O2. The van der Waals surface area contributed by atoms with E-state index < -0.39 is 23.2 Å². The zero-order valence-corrected chi connectivity index (χ0v) is 32.1. The molecule has 5 aliphatic rings. The van der Waals surface area contributed by atoms with Gasteiger partial charge in [0.05, 0.1) is 25.2 Å². The van der Waals surface area contributed by atoms with Gasteiger partial charge < -0.3 is 9.80 Å². The lowest BCUT2D eigenvalue weighted by molar-refractivity contribution is -0.192. The predicted molar refractivity (Wildman–Crippen MR) is 221 cm³/mol. The molecule has 0 aliphatic carbocycles. The Labute approximate surface area is 336 Å². The minimum Gasteiger partial charge on any atom is -0.306 e. The molecular weight excluding hydrogens is 735 g/mol. The van der Waals surface area contributed by atoms with Crippen LogP contribution in [0.25, 0.3) is 0 Å². The smallest absolute Gasteiger partial charge is 0.254 e. The molecule has 0 bridgehead atoms. The molecule has 5 heterocycles. The maximum Gasteiger partial charge on any atom is 0.254 e. The van der Waals surface area contributed by atoms with E-state index in [9.17, 15) is 0 Å². The summed E-state index contributed by atoms with van der Waals surface area (Å²) in [4.78, 5) is 41.3. The summed E-state index contributed by atoms with van der Waals surface area (Å²) >= 11 is 14.0. The predicted octanol–water partition coefficient (Wildman–Crippen LogP) is 9.39. The topological polar surface area (TPSA) is 47.1 Å². The van der Waals surface area contributed by atoms with E-state index in [4.69, 9.17) is 23.2 Å². The highest BCUT2D eigenvalue weighted by atomic mass is 35.5. The Morgan fingerprint density at radius 1 is 0.500 bits per heavy atom. The number of piperazine rings is 1. The maximum absolute atomic E-state index is 16.3. The molecule has 6 aromatic carbocycles. The first-order valence-electron chi connectivity index (χ1n) is 19.4. The summed E-state index contributed by atoms with van der Waals surface area (Å²) in [5.74, 6) is 0.00455. The van der Waals surface area contributed by atoms with Crippen LogP contribution < -0.4 is 9.80 Å². The summed E-state index contributed by atoms with van der Waals surface area (Å²) < 4.78 is 0. The number of anilines is 2. The quantitative estimate of drug-likeness (QED) is 0.179. The second-order valence-corrected chi connectivity index (χ2v) is 16.6. The number of hydrogen-bond acceptors (Lipinski definition) is 4. The minimum atomic E-state index is -1.22. The summed E-state index contributed by atoms with van der Waals surface area (Å²) in [6, 6.07) is 48.2. The molecule has 0 unspecified atom stereocenters. The third kappa shape index (κ3) is 4.53. The van der Waals surface area contributed by atoms with Gasteiger partial charge in [-0.3, -0.25) is 19.4 Å². The van der Waals surface area contributed by atoms with Gasteiger partial charge in [0.15, 0.2) is 0 Å². The molecule has 1 saturated heterocycles. The standard InChI is InChI=1S/C48H38Cl2N4O2/c49-35-19-21-41-39(27-35)47(45(55)51(41)29-31-11-3-1-4-12-31)43-37-17-9-7-15-33(37)24-26-54(43)48(44-38-18-10-8-16-34(38)23-25-53(44)47)40-28-36(50)20-22-42(40)52(46(48)56)30-32-13-5-2-6-14-32/h1-22,27-28,43-44H,23-26,29-30H2/t43-,44-,47+,48+/m1/s1. The average Bonchev–Trinajstić information content (AvgIpc) is 3.60. The molecule has 56 heavy (non-hydrogen) atoms. The van der Waals surface area contributed by atoms with Crippen molar-refractivity contribution >= 4 is 46.4 Å². The van der Waals surface area contributed by atoms with Gasteiger partial charge in [0.2, 0.25) is 0 Å². The lowest BCUT2D eigenvalue weighted by Gasteiger charge is -2.66. The summed E-state index contributed by atoms with van der Waals surface area (Å²) in [6.07, 6.45) is 1.45. The van der Waals surface area contributed by atoms with Crippen molar-refractivity contribution in [2.75, 3.05) is 22.9 Å². The van der Waals surface area contributed by atoms with Crippen LogP contribution in [-0.4, -0.2) is 34.7 Å². The molecule has 1 fully saturated rings. The van der Waals surface area contributed by atoms with Crippen LogP contribution in [0.15, 0.2) is 146 Å². The second kappa shape index (κ2) is 12.6. The zero-order chi connectivity index (χ0) is 37.8. The van der Waals surface area contributed by atoms with E-state index in [2.05, 4.69) is 82.6 Å². The van der Waals surface area contributed by atoms with Gasteiger partial charge in [-0.05, 0) is 82.6 Å². The van der Waals surface area contributed by atoms with Gasteiger partial charge >= 0.3 is 0 Å². The van der Waals surface area contributed by atoms with Gasteiger partial charge in [-0.15, -0.1) is 0 Å². The van der Waals surface area contributed by atoms with Gasteiger partial charge in [-0.1, -0.05) is 132 Å². The van der Waals surface area contributed by atoms with E-state index in [-0.39, 0.29) is 11.8 Å². The average molecular weight is 774 g/mol. The van der Waals surface area contributed by atoms with Gasteiger partial charge in [0.1, 0.15) is 11.1 Å². The molecule has 0 N–H and O–H groups in total. The number of hydrogen-bond donors (Lipinski definition) is 0. The Hall–Kier alpha value is -5.24. The van der Waals surface area contributed by atoms with Crippen molar-refractivity contribution in [3.8, 4) is 0 Å². The molecule has 0 saturated carbocycles. The molecule has 6 nitrogen and oxygen atoms in total. The molecule has 6 aromatic rings. The first-order valence-corrected chi connectivity index (χ1v) is 20.2. The monoisotopic (exact) mass is 772 g/mol. The minimum absolute atomic E-state index is 0.00228. The molecule has 4 atom stereocenters. The Balaban J connectivity index is 1.24. The lowest BCUT2D eigenvalue weighted by atomic mass is 9.62. The van der Waals surface area contributed by atoms with Crippen molar-refractivity contribution in [2.45, 2.75) is 49.1 Å². The van der Waals surface area contributed by atoms with E-state index >= 15 is 9.59 Å². The Bertz CT molecular complexity index is 2400. The van der Waals surface area contributed by atoms with Gasteiger partial charge in [0.25, 0.3) is 11.8 Å². The molecule has 2 amide bonds. The van der Waals surface area contributed by atoms with Crippen LogP contribution in [0.5, 0.6) is 0 Å². The fourth-order valence-corrected chi connectivity index (χ4v) is 11.3. The van der Waals surface area contributed by atoms with E-state index in [0.717, 1.165) is 57.6 Å². The highest BCUT2D eigenvalue weighted by Gasteiger charge is 2.75. The van der Waals surface area contributed by atoms with Crippen molar-refractivity contribution in [3.63, 3.8) is 0 Å². The van der Waals surface area contributed by atoms with Crippen LogP contribution >= 0.6 is 23.2 Å². The van der Waals surface area contributed by atoms with Crippen molar-refractivity contribution in [2.24, 2.45) is 0 Å². The van der Waals surface area contributed by atoms with Crippen molar-refractivity contribution in [1.82, 2.24) is 9.80 Å². The number of nitrogens with zero attached hydrogens (tertiary/aromatic N) is 4. The van der Waals surface area contributed by atoms with Gasteiger partial charge in [-0.2, -0.15) is 0 Å². The van der Waals surface area contributed by atoms with Crippen LogP contribution in [-0.2, 0) is 46.6 Å². The third-order valence-corrected chi connectivity index (χ3v) is 13.6. The Morgan fingerprint density at radius 2 is 0.893 bits per heavy atom. The van der Waals surface area contributed by atoms with E-state index in [1.54, 1.807) is 0 Å². The fraction of sp³-hybridized carbons (Fsp3) is 0.208. The molecule has 2 spiro atoms. The maximum atomic E-state index is 16.3. The SMILES string of the molecule is O=C1N(Cc2ccccc2)c2ccc(Cl)cc2[C@]12[C@H]1c3ccccc3CCN1[C@]1(C(=O)N(Cc3ccccc3)c3ccc(Cl)cc31)[C@H]1c3ccccc3CCN12. The summed E-state index contributed by atoms with van der Waals surface area (Å²) in [6.45, 7) is 1.95. The number of rotatable bonds is 4. The van der Waals surface area contributed by atoms with Crippen molar-refractivity contribution < 1.29 is 9.59 Å². The number of carbonyl (C=O) groups is 2. The van der Waals surface area contributed by atoms with Crippen LogP contribution in [0.2, 0.25) is 10.0 Å². The number of halogens is 2. The highest BCUT2D eigenvalue weighted by Crippen LogP contribution is 2.69. The number of amides is 2. The summed E-state index contributed by atoms with van der Waals surface area (Å²) in [7, 11) is 0. The van der Waals surface area contributed by atoms with Gasteiger partial charge in [0, 0.05) is 45.6 Å². The summed E-state index contributed by atoms with van der Waals surface area (Å²) in [5.41, 5.74) is 7.62. The third-order valence-electron chi connectivity index (χ3n) is 13.1. The molecule has 8 heteroatoms. The normalized spacial score (nSPS) is 24.8. The van der Waals surface area contributed by atoms with Gasteiger partial charge in [-0.25, -0.2) is 0 Å². The van der Waals surface area contributed by atoms with Crippen LogP contribution in [0.3, 0.4) is 0 Å². The summed E-state index contributed by atoms with van der Waals surface area (Å²) in [5, 5.41) is 1.15. The zero-order valence-electron chi connectivity index (χ0n) is 30.6. The first kappa shape index (κ1) is 34.0. The lowest BCUT2D eigenvalue weighted by Crippen LogP contribution is -2.76. The Kier molecular flexibility index (Phi) is 7.68. The molecule has 0 radical (unpaired) electrons. The number of fused-ring (bicyclic) bond motifs is 14. The highest BCUT2D eigenvalue weighted by molar-refractivity contribution is 6.31. The molecule has 276 valence electrons. The van der Waals surface area contributed by atoms with Crippen LogP contribution in [0.4, 0.5) is 11.4 Å². The van der Waals surface area contributed by atoms with Crippen molar-refractivity contribution in [3.05, 3.63) is 200 Å². The van der Waals surface area contributed by atoms with Crippen LogP contribution in [0.1, 0.15) is 56.6 Å². The first-order chi connectivity index (χ1) is 27.4.